The van der Waals surface area contributed by atoms with Gasteiger partial charge in [0.2, 0.25) is 0 Å². The summed E-state index contributed by atoms with van der Waals surface area (Å²) in [6.07, 6.45) is 4.20. The van der Waals surface area contributed by atoms with Crippen LogP contribution in [0.15, 0.2) is 0 Å². The quantitative estimate of drug-likeness (QED) is 0.264. The molecule has 0 radical (unpaired) electrons. The topological polar surface area (TPSA) is 49.5 Å². The van der Waals surface area contributed by atoms with Crippen molar-refractivity contribution >= 4 is 8.80 Å². The van der Waals surface area contributed by atoms with E-state index in [9.17, 15) is 0 Å². The summed E-state index contributed by atoms with van der Waals surface area (Å²) in [7, 11) is -2.49. The molecule has 1 atom stereocenters. The molecule has 0 spiro atoms. The van der Waals surface area contributed by atoms with Crippen molar-refractivity contribution in [3.05, 3.63) is 0 Å². The molecule has 1 aliphatic rings. The maximum absolute atomic E-state index is 6.08. The van der Waals surface area contributed by atoms with E-state index in [-0.39, 0.29) is 0 Å². The molecular weight excluding hydrogens is 288 g/mol. The molecule has 6 heteroatoms. The van der Waals surface area contributed by atoms with Crippen LogP contribution in [0.3, 0.4) is 0 Å². The lowest BCUT2D eigenvalue weighted by molar-refractivity contribution is 0.0465. The molecule has 126 valence electrons. The van der Waals surface area contributed by atoms with Gasteiger partial charge in [0.1, 0.15) is 6.10 Å². The molecule has 1 heterocycles. The molecule has 0 aromatic heterocycles. The first-order chi connectivity index (χ1) is 10.3. The first kappa shape index (κ1) is 19.1. The average molecular weight is 321 g/mol. The zero-order chi connectivity index (χ0) is 15.4. The highest BCUT2D eigenvalue weighted by Crippen LogP contribution is 2.19. The van der Waals surface area contributed by atoms with Crippen LogP contribution in [0.25, 0.3) is 0 Å². The average Bonchev–Trinajstić information content (AvgIpc) is 3.31. The first-order valence-corrected chi connectivity index (χ1v) is 10.3. The monoisotopic (exact) mass is 320 g/mol. The Hall–Kier alpha value is 0.0169. The number of hydrogen-bond donors (Lipinski definition) is 0. The molecule has 21 heavy (non-hydrogen) atoms. The Morgan fingerprint density at radius 3 is 2.05 bits per heavy atom. The van der Waals surface area contributed by atoms with Gasteiger partial charge in [-0.05, 0) is 19.3 Å². The lowest BCUT2D eigenvalue weighted by Crippen LogP contribution is -2.46. The van der Waals surface area contributed by atoms with Gasteiger partial charge in [0.15, 0.2) is 0 Å². The smallest absolute Gasteiger partial charge is 0.379 e. The normalized spacial score (nSPS) is 18.1. The van der Waals surface area contributed by atoms with Crippen molar-refractivity contribution in [2.24, 2.45) is 0 Å². The first-order valence-electron chi connectivity index (χ1n) is 8.37. The molecule has 0 saturated carbocycles. The zero-order valence-corrected chi connectivity index (χ0v) is 14.9. The van der Waals surface area contributed by atoms with Crippen molar-refractivity contribution in [1.82, 2.24) is 0 Å². The molecule has 0 amide bonds. The summed E-state index contributed by atoms with van der Waals surface area (Å²) in [5.74, 6) is 0. The third kappa shape index (κ3) is 8.90. The summed E-state index contributed by atoms with van der Waals surface area (Å²) >= 11 is 0. The molecule has 0 aromatic rings. The summed E-state index contributed by atoms with van der Waals surface area (Å²) in [6, 6.07) is 0.893. The molecule has 1 aliphatic heterocycles. The highest BCUT2D eigenvalue weighted by molar-refractivity contribution is 6.60. The Morgan fingerprint density at radius 1 is 0.905 bits per heavy atom. The fourth-order valence-corrected chi connectivity index (χ4v) is 4.71. The molecular formula is C15H32O5Si. The maximum Gasteiger partial charge on any atom is 0.500 e. The van der Waals surface area contributed by atoms with Crippen LogP contribution in [0.4, 0.5) is 0 Å². The summed E-state index contributed by atoms with van der Waals surface area (Å²) in [5, 5.41) is 0. The highest BCUT2D eigenvalue weighted by atomic mass is 28.4. The van der Waals surface area contributed by atoms with E-state index in [4.69, 9.17) is 22.8 Å². The minimum absolute atomic E-state index is 0.334. The highest BCUT2D eigenvalue weighted by Gasteiger charge is 2.39. The van der Waals surface area contributed by atoms with Gasteiger partial charge in [0.05, 0.1) is 13.2 Å². The lowest BCUT2D eigenvalue weighted by atomic mass is 10.5. The second kappa shape index (κ2) is 11.6. The van der Waals surface area contributed by atoms with Gasteiger partial charge in [0, 0.05) is 32.5 Å². The fraction of sp³-hybridized carbons (Fsp3) is 1.00. The molecule has 1 rings (SSSR count). The summed E-state index contributed by atoms with van der Waals surface area (Å²) in [5.41, 5.74) is 0. The SMILES string of the molecule is CCCO[Si](CCC)(OCCC)OCCCOCC1CO1. The molecule has 0 aliphatic carbocycles. The summed E-state index contributed by atoms with van der Waals surface area (Å²) < 4.78 is 28.7. The van der Waals surface area contributed by atoms with Gasteiger partial charge in [-0.3, -0.25) is 0 Å². The number of rotatable bonds is 15. The second-order valence-electron chi connectivity index (χ2n) is 5.36. The molecule has 5 nitrogen and oxygen atoms in total. The Bertz CT molecular complexity index is 240. The van der Waals surface area contributed by atoms with Gasteiger partial charge < -0.3 is 22.8 Å². The zero-order valence-electron chi connectivity index (χ0n) is 13.9. The van der Waals surface area contributed by atoms with Crippen molar-refractivity contribution in [1.29, 1.82) is 0 Å². The standard InChI is InChI=1S/C15H32O5Si/c1-4-8-18-21(12-6-3,19-9-5-2)20-11-7-10-16-13-15-14-17-15/h15H,4-14H2,1-3H3. The van der Waals surface area contributed by atoms with Crippen molar-refractivity contribution in [2.75, 3.05) is 39.6 Å². The van der Waals surface area contributed by atoms with Gasteiger partial charge in [-0.15, -0.1) is 0 Å². The number of epoxide rings is 1. The second-order valence-corrected chi connectivity index (χ2v) is 8.09. The minimum atomic E-state index is -2.49. The van der Waals surface area contributed by atoms with E-state index in [1.165, 1.54) is 0 Å². The third-order valence-corrected chi connectivity index (χ3v) is 6.11. The van der Waals surface area contributed by atoms with Gasteiger partial charge in [-0.1, -0.05) is 27.2 Å². The third-order valence-electron chi connectivity index (χ3n) is 3.07. The summed E-state index contributed by atoms with van der Waals surface area (Å²) in [6.45, 7) is 10.7. The largest absolute Gasteiger partial charge is 0.500 e. The molecule has 1 fully saturated rings. The van der Waals surface area contributed by atoms with E-state index in [1.807, 2.05) is 0 Å². The Morgan fingerprint density at radius 2 is 1.52 bits per heavy atom. The van der Waals surface area contributed by atoms with Crippen LogP contribution in [0, 0.1) is 0 Å². The van der Waals surface area contributed by atoms with E-state index in [2.05, 4.69) is 20.8 Å². The maximum atomic E-state index is 6.08. The Balaban J connectivity index is 2.25. The van der Waals surface area contributed by atoms with E-state index in [0.29, 0.717) is 39.1 Å². The molecule has 1 saturated heterocycles. The Kier molecular flexibility index (Phi) is 10.5. The fourth-order valence-electron chi connectivity index (χ4n) is 1.93. The van der Waals surface area contributed by atoms with Crippen LogP contribution in [-0.2, 0) is 22.8 Å². The van der Waals surface area contributed by atoms with Gasteiger partial charge in [0.25, 0.3) is 0 Å². The van der Waals surface area contributed by atoms with Crippen molar-refractivity contribution in [3.8, 4) is 0 Å². The van der Waals surface area contributed by atoms with Gasteiger partial charge in [-0.2, -0.15) is 0 Å². The van der Waals surface area contributed by atoms with Crippen molar-refractivity contribution in [2.45, 2.75) is 58.6 Å². The van der Waals surface area contributed by atoms with Crippen LogP contribution >= 0.6 is 0 Å². The predicted molar refractivity (Wildman–Crippen MR) is 84.5 cm³/mol. The summed E-state index contributed by atoms with van der Waals surface area (Å²) in [4.78, 5) is 0. The Labute approximate surface area is 130 Å². The van der Waals surface area contributed by atoms with E-state index >= 15 is 0 Å². The number of ether oxygens (including phenoxy) is 2. The van der Waals surface area contributed by atoms with Crippen LogP contribution in [0.2, 0.25) is 6.04 Å². The molecule has 1 unspecified atom stereocenters. The van der Waals surface area contributed by atoms with E-state index < -0.39 is 8.80 Å². The van der Waals surface area contributed by atoms with Crippen molar-refractivity contribution in [3.63, 3.8) is 0 Å². The van der Waals surface area contributed by atoms with Crippen LogP contribution < -0.4 is 0 Å². The van der Waals surface area contributed by atoms with Crippen LogP contribution in [-0.4, -0.2) is 54.5 Å². The van der Waals surface area contributed by atoms with E-state index in [0.717, 1.165) is 38.3 Å². The van der Waals surface area contributed by atoms with E-state index in [1.54, 1.807) is 0 Å². The number of hydrogen-bond acceptors (Lipinski definition) is 5. The lowest BCUT2D eigenvalue weighted by Gasteiger charge is -2.29. The molecule has 0 aromatic carbocycles. The van der Waals surface area contributed by atoms with Crippen molar-refractivity contribution < 1.29 is 22.8 Å². The predicted octanol–water partition coefficient (Wildman–Crippen LogP) is 3.01. The van der Waals surface area contributed by atoms with Crippen LogP contribution in [0.1, 0.15) is 46.5 Å². The molecule has 0 bridgehead atoms. The minimum Gasteiger partial charge on any atom is -0.379 e. The van der Waals surface area contributed by atoms with Crippen LogP contribution in [0.5, 0.6) is 0 Å². The van der Waals surface area contributed by atoms with Gasteiger partial charge >= 0.3 is 8.80 Å². The molecule has 0 N–H and O–H groups in total. The van der Waals surface area contributed by atoms with Gasteiger partial charge in [-0.25, -0.2) is 0 Å².